The molecule has 2 rings (SSSR count). The van der Waals surface area contributed by atoms with Gasteiger partial charge in [0.15, 0.2) is 5.96 Å². The summed E-state index contributed by atoms with van der Waals surface area (Å²) in [6.45, 7) is 3.88. The highest BCUT2D eigenvalue weighted by Gasteiger charge is 2.15. The Hall–Kier alpha value is 0.180. The van der Waals surface area contributed by atoms with Gasteiger partial charge in [0.25, 0.3) is 0 Å². The topological polar surface area (TPSA) is 36.4 Å². The van der Waals surface area contributed by atoms with Crippen LogP contribution in [0.4, 0.5) is 0 Å². The van der Waals surface area contributed by atoms with Crippen molar-refractivity contribution < 1.29 is 0 Å². The van der Waals surface area contributed by atoms with Gasteiger partial charge in [0.05, 0.1) is 3.79 Å². The van der Waals surface area contributed by atoms with E-state index in [-0.39, 0.29) is 24.0 Å². The van der Waals surface area contributed by atoms with Gasteiger partial charge >= 0.3 is 0 Å². The average molecular weight is 472 g/mol. The molecule has 2 N–H and O–H groups in total. The second kappa shape index (κ2) is 10.00. The molecule has 0 radical (unpaired) electrons. The lowest BCUT2D eigenvalue weighted by Crippen LogP contribution is -2.42. The standard InChI is InChI=1S/C14H22BrN3S.HI/c1-2-16-14(18-11-5-3-4-6-11)17-10-9-12-7-8-13(15)19-12;/h7-8,11H,2-6,9-10H2,1H3,(H2,16,17,18);1H. The number of halogens is 2. The van der Waals surface area contributed by atoms with Gasteiger partial charge in [0.1, 0.15) is 0 Å². The number of hydrogen-bond donors (Lipinski definition) is 2. The van der Waals surface area contributed by atoms with Crippen molar-refractivity contribution in [3.63, 3.8) is 0 Å². The van der Waals surface area contributed by atoms with E-state index < -0.39 is 0 Å². The molecule has 114 valence electrons. The van der Waals surface area contributed by atoms with E-state index in [0.29, 0.717) is 6.04 Å². The summed E-state index contributed by atoms with van der Waals surface area (Å²) in [6.07, 6.45) is 6.27. The average Bonchev–Trinajstić information content (AvgIpc) is 3.01. The van der Waals surface area contributed by atoms with Crippen LogP contribution in [0.1, 0.15) is 37.5 Å². The Labute approximate surface area is 151 Å². The van der Waals surface area contributed by atoms with Gasteiger partial charge in [-0.2, -0.15) is 0 Å². The molecule has 0 unspecified atom stereocenters. The van der Waals surface area contributed by atoms with Gasteiger partial charge in [0.2, 0.25) is 0 Å². The number of thiophene rings is 1. The van der Waals surface area contributed by atoms with Crippen LogP contribution in [0.2, 0.25) is 0 Å². The van der Waals surface area contributed by atoms with Crippen molar-refractivity contribution in [2.45, 2.75) is 45.1 Å². The normalized spacial score (nSPS) is 16.0. The first-order valence-corrected chi connectivity index (χ1v) is 8.68. The Balaban J connectivity index is 0.00000200. The monoisotopic (exact) mass is 471 g/mol. The lowest BCUT2D eigenvalue weighted by Gasteiger charge is -2.16. The molecule has 1 fully saturated rings. The fourth-order valence-corrected chi connectivity index (χ4v) is 3.82. The maximum absolute atomic E-state index is 4.67. The highest BCUT2D eigenvalue weighted by atomic mass is 127. The molecule has 20 heavy (non-hydrogen) atoms. The van der Waals surface area contributed by atoms with Crippen molar-refractivity contribution in [2.75, 3.05) is 13.1 Å². The third-order valence-corrected chi connectivity index (χ3v) is 4.98. The van der Waals surface area contributed by atoms with Crippen LogP contribution in [-0.4, -0.2) is 25.1 Å². The van der Waals surface area contributed by atoms with Crippen molar-refractivity contribution in [3.05, 3.63) is 20.8 Å². The second-order valence-electron chi connectivity index (χ2n) is 4.84. The van der Waals surface area contributed by atoms with E-state index in [1.165, 1.54) is 34.3 Å². The molecule has 0 saturated heterocycles. The number of aliphatic imine (C=N–C) groups is 1. The minimum Gasteiger partial charge on any atom is -0.357 e. The Morgan fingerprint density at radius 2 is 2.15 bits per heavy atom. The van der Waals surface area contributed by atoms with Crippen molar-refractivity contribution in [1.29, 1.82) is 0 Å². The van der Waals surface area contributed by atoms with Crippen LogP contribution in [0, 0.1) is 0 Å². The molecule has 1 aromatic heterocycles. The Bertz CT molecular complexity index is 416. The van der Waals surface area contributed by atoms with Gasteiger partial charge in [-0.3, -0.25) is 4.99 Å². The van der Waals surface area contributed by atoms with E-state index in [9.17, 15) is 0 Å². The maximum atomic E-state index is 4.67. The van der Waals surface area contributed by atoms with Gasteiger partial charge in [0, 0.05) is 30.4 Å². The molecular weight excluding hydrogens is 449 g/mol. The largest absolute Gasteiger partial charge is 0.357 e. The number of hydrogen-bond acceptors (Lipinski definition) is 2. The van der Waals surface area contributed by atoms with Gasteiger partial charge in [-0.15, -0.1) is 35.3 Å². The summed E-state index contributed by atoms with van der Waals surface area (Å²) in [5, 5.41) is 6.88. The van der Waals surface area contributed by atoms with E-state index in [0.717, 1.165) is 25.5 Å². The molecule has 0 aromatic carbocycles. The molecule has 0 spiro atoms. The Kier molecular flexibility index (Phi) is 9.11. The van der Waals surface area contributed by atoms with Crippen LogP contribution < -0.4 is 10.6 Å². The highest BCUT2D eigenvalue weighted by Crippen LogP contribution is 2.22. The van der Waals surface area contributed by atoms with Gasteiger partial charge in [-0.05, 0) is 47.8 Å². The first-order chi connectivity index (χ1) is 9.28. The first-order valence-electron chi connectivity index (χ1n) is 7.07. The quantitative estimate of drug-likeness (QED) is 0.384. The Morgan fingerprint density at radius 3 is 2.75 bits per heavy atom. The number of rotatable bonds is 5. The predicted molar refractivity (Wildman–Crippen MR) is 103 cm³/mol. The summed E-state index contributed by atoms with van der Waals surface area (Å²) in [5.74, 6) is 0.977. The molecule has 1 saturated carbocycles. The molecular formula is C14H23BrIN3S. The first kappa shape index (κ1) is 18.2. The van der Waals surface area contributed by atoms with Crippen molar-refractivity contribution >= 4 is 57.2 Å². The van der Waals surface area contributed by atoms with E-state index in [2.05, 4.69) is 50.6 Å². The van der Waals surface area contributed by atoms with Crippen molar-refractivity contribution in [3.8, 4) is 0 Å². The lowest BCUT2D eigenvalue weighted by atomic mass is 10.2. The van der Waals surface area contributed by atoms with Crippen LogP contribution in [0.5, 0.6) is 0 Å². The van der Waals surface area contributed by atoms with Crippen LogP contribution in [-0.2, 0) is 6.42 Å². The van der Waals surface area contributed by atoms with Crippen LogP contribution in [0.25, 0.3) is 0 Å². The molecule has 1 aliphatic rings. The zero-order chi connectivity index (χ0) is 13.5. The molecule has 0 aliphatic heterocycles. The molecule has 1 heterocycles. The smallest absolute Gasteiger partial charge is 0.191 e. The molecule has 0 bridgehead atoms. The van der Waals surface area contributed by atoms with E-state index in [1.807, 2.05) is 0 Å². The lowest BCUT2D eigenvalue weighted by molar-refractivity contribution is 0.614. The zero-order valence-electron chi connectivity index (χ0n) is 11.8. The minimum absolute atomic E-state index is 0. The molecule has 1 aromatic rings. The summed E-state index contributed by atoms with van der Waals surface area (Å²) in [4.78, 5) is 6.05. The molecule has 0 atom stereocenters. The molecule has 6 heteroatoms. The minimum atomic E-state index is 0. The summed E-state index contributed by atoms with van der Waals surface area (Å²) in [6, 6.07) is 4.89. The van der Waals surface area contributed by atoms with Gasteiger partial charge in [-0.25, -0.2) is 0 Å². The fourth-order valence-electron chi connectivity index (χ4n) is 2.35. The third kappa shape index (κ3) is 6.30. The number of guanidine groups is 1. The fraction of sp³-hybridized carbons (Fsp3) is 0.643. The van der Waals surface area contributed by atoms with Crippen molar-refractivity contribution in [2.24, 2.45) is 4.99 Å². The summed E-state index contributed by atoms with van der Waals surface area (Å²) in [7, 11) is 0. The summed E-state index contributed by atoms with van der Waals surface area (Å²) in [5.41, 5.74) is 0. The van der Waals surface area contributed by atoms with E-state index in [4.69, 9.17) is 0 Å². The number of nitrogens with one attached hydrogen (secondary N) is 2. The SMILES string of the molecule is CCNC(=NCCc1ccc(Br)s1)NC1CCCC1.I. The second-order valence-corrected chi connectivity index (χ2v) is 7.39. The zero-order valence-corrected chi connectivity index (χ0v) is 16.6. The third-order valence-electron chi connectivity index (χ3n) is 3.30. The van der Waals surface area contributed by atoms with E-state index in [1.54, 1.807) is 11.3 Å². The van der Waals surface area contributed by atoms with Crippen LogP contribution in [0.15, 0.2) is 20.9 Å². The van der Waals surface area contributed by atoms with Gasteiger partial charge in [-0.1, -0.05) is 12.8 Å². The molecule has 3 nitrogen and oxygen atoms in total. The molecule has 1 aliphatic carbocycles. The van der Waals surface area contributed by atoms with Crippen LogP contribution in [0.3, 0.4) is 0 Å². The molecule has 0 amide bonds. The number of nitrogens with zero attached hydrogens (tertiary/aromatic N) is 1. The maximum Gasteiger partial charge on any atom is 0.191 e. The summed E-state index contributed by atoms with van der Waals surface area (Å²) >= 11 is 5.29. The predicted octanol–water partition coefficient (Wildman–Crippen LogP) is 4.17. The highest BCUT2D eigenvalue weighted by molar-refractivity contribution is 14.0. The van der Waals surface area contributed by atoms with Gasteiger partial charge < -0.3 is 10.6 Å². The Morgan fingerprint density at radius 1 is 1.40 bits per heavy atom. The van der Waals surface area contributed by atoms with Crippen LogP contribution >= 0.6 is 51.2 Å². The summed E-state index contributed by atoms with van der Waals surface area (Å²) < 4.78 is 1.20. The van der Waals surface area contributed by atoms with E-state index >= 15 is 0 Å². The van der Waals surface area contributed by atoms with Crippen molar-refractivity contribution in [1.82, 2.24) is 10.6 Å².